The minimum atomic E-state index is -4.51. The molecule has 0 N–H and O–H groups in total. The summed E-state index contributed by atoms with van der Waals surface area (Å²) in [6.45, 7) is 3.99. The summed E-state index contributed by atoms with van der Waals surface area (Å²) < 4.78 is 90.8. The van der Waals surface area contributed by atoms with E-state index in [1.807, 2.05) is 0 Å². The number of amides is 2. The van der Waals surface area contributed by atoms with Crippen molar-refractivity contribution in [2.75, 3.05) is 26.2 Å². The molecule has 2 aliphatic rings. The molecule has 6 rings (SSSR count). The number of hydrogen-bond donors (Lipinski definition) is 0. The smallest absolute Gasteiger partial charge is 0.341 e. The first kappa shape index (κ1) is 40.7. The number of thiazole rings is 2. The number of hydrogen-bond acceptors (Lipinski definition) is 10. The van der Waals surface area contributed by atoms with Crippen molar-refractivity contribution in [3.8, 4) is 0 Å². The molecule has 21 heteroatoms. The first-order valence-electron chi connectivity index (χ1n) is 16.7. The van der Waals surface area contributed by atoms with Gasteiger partial charge in [0.1, 0.15) is 35.9 Å². The molecular weight excluding hydrogens is 770 g/mol. The molecule has 2 aliphatic heterocycles. The van der Waals surface area contributed by atoms with Gasteiger partial charge < -0.3 is 9.80 Å². The molecule has 0 bridgehead atoms. The van der Waals surface area contributed by atoms with Gasteiger partial charge in [-0.15, -0.1) is 22.7 Å². The summed E-state index contributed by atoms with van der Waals surface area (Å²) in [6, 6.07) is 1.48. The Labute approximate surface area is 312 Å². The van der Waals surface area contributed by atoms with Crippen molar-refractivity contribution in [3.63, 3.8) is 0 Å². The molecule has 292 valence electrons. The fourth-order valence-corrected chi connectivity index (χ4v) is 8.01. The van der Waals surface area contributed by atoms with E-state index in [-0.39, 0.29) is 35.9 Å². The number of halogens is 7. The van der Waals surface area contributed by atoms with Gasteiger partial charge >= 0.3 is 6.18 Å². The predicted octanol–water partition coefficient (Wildman–Crippen LogP) is 6.79. The Bertz CT molecular complexity index is 1940. The molecule has 0 saturated carbocycles. The second-order valence-corrected chi connectivity index (χ2v) is 14.5. The second-order valence-electron chi connectivity index (χ2n) is 12.7. The Morgan fingerprint density at radius 2 is 1.24 bits per heavy atom. The number of nitrogens with zero attached hydrogens (tertiary/aromatic N) is 8. The lowest BCUT2D eigenvalue weighted by molar-refractivity contribution is -0.142. The molecule has 0 atom stereocenters. The maximum absolute atomic E-state index is 13.0. The summed E-state index contributed by atoms with van der Waals surface area (Å²) in [4.78, 5) is 59.2. The molecule has 0 aliphatic carbocycles. The van der Waals surface area contributed by atoms with Crippen LogP contribution in [0, 0.1) is 0 Å². The topological polar surface area (TPSA) is 136 Å². The quantitative estimate of drug-likeness (QED) is 0.126. The van der Waals surface area contributed by atoms with Crippen LogP contribution in [0.1, 0.15) is 112 Å². The van der Waals surface area contributed by atoms with Crippen molar-refractivity contribution < 1.29 is 49.9 Å². The van der Waals surface area contributed by atoms with Crippen molar-refractivity contribution in [1.82, 2.24) is 39.3 Å². The molecule has 12 nitrogen and oxygen atoms in total. The zero-order valence-corrected chi connectivity index (χ0v) is 30.6. The zero-order valence-electron chi connectivity index (χ0n) is 28.9. The van der Waals surface area contributed by atoms with Gasteiger partial charge in [-0.05, 0) is 37.8 Å². The van der Waals surface area contributed by atoms with Gasteiger partial charge in [0.25, 0.3) is 12.9 Å². The Morgan fingerprint density at radius 1 is 0.759 bits per heavy atom. The molecule has 4 aromatic heterocycles. The third-order valence-electron chi connectivity index (χ3n) is 8.95. The van der Waals surface area contributed by atoms with E-state index in [1.165, 1.54) is 41.4 Å². The Kier molecular flexibility index (Phi) is 13.0. The molecule has 0 unspecified atom stereocenters. The van der Waals surface area contributed by atoms with Crippen LogP contribution in [0.2, 0.25) is 0 Å². The number of rotatable bonds is 10. The van der Waals surface area contributed by atoms with E-state index in [0.29, 0.717) is 74.0 Å². The van der Waals surface area contributed by atoms with E-state index >= 15 is 0 Å². The summed E-state index contributed by atoms with van der Waals surface area (Å²) in [5.41, 5.74) is -1.59. The number of ketones is 2. The third-order valence-corrected chi connectivity index (χ3v) is 11.0. The van der Waals surface area contributed by atoms with Crippen LogP contribution in [0.4, 0.5) is 30.7 Å². The lowest BCUT2D eigenvalue weighted by Gasteiger charge is -2.31. The van der Waals surface area contributed by atoms with Crippen LogP contribution in [0.25, 0.3) is 0 Å². The maximum Gasteiger partial charge on any atom is 0.435 e. The van der Waals surface area contributed by atoms with Crippen LogP contribution in [-0.2, 0) is 28.9 Å². The van der Waals surface area contributed by atoms with Crippen molar-refractivity contribution in [2.24, 2.45) is 0 Å². The fourth-order valence-electron chi connectivity index (χ4n) is 5.95. The minimum absolute atomic E-state index is 0.0717. The Balaban J connectivity index is 0.000000208. The van der Waals surface area contributed by atoms with Gasteiger partial charge in [0, 0.05) is 68.8 Å². The molecule has 2 amide bonds. The van der Waals surface area contributed by atoms with Gasteiger partial charge in [0.05, 0.1) is 10.0 Å². The molecule has 0 radical (unpaired) electrons. The third kappa shape index (κ3) is 10.2. The monoisotopic (exact) mass is 804 g/mol. The van der Waals surface area contributed by atoms with Gasteiger partial charge in [-0.2, -0.15) is 23.4 Å². The Hall–Kier alpha value is -4.53. The van der Waals surface area contributed by atoms with E-state index in [9.17, 15) is 49.9 Å². The number of carbonyl (C=O) groups excluding carboxylic acids is 4. The van der Waals surface area contributed by atoms with Crippen molar-refractivity contribution in [2.45, 2.75) is 83.5 Å². The van der Waals surface area contributed by atoms with Gasteiger partial charge in [-0.3, -0.25) is 28.5 Å². The predicted molar refractivity (Wildman–Crippen MR) is 181 cm³/mol. The normalized spacial score (nSPS) is 15.8. The molecule has 0 aromatic carbocycles. The molecule has 0 spiro atoms. The average Bonchev–Trinajstić information content (AvgIpc) is 3.95. The van der Waals surface area contributed by atoms with Crippen LogP contribution in [0.3, 0.4) is 0 Å². The van der Waals surface area contributed by atoms with Gasteiger partial charge in [0.15, 0.2) is 17.3 Å². The van der Waals surface area contributed by atoms with Crippen molar-refractivity contribution in [1.29, 1.82) is 0 Å². The highest BCUT2D eigenvalue weighted by molar-refractivity contribution is 7.10. The highest BCUT2D eigenvalue weighted by Crippen LogP contribution is 2.33. The van der Waals surface area contributed by atoms with Crippen LogP contribution in [0.5, 0.6) is 0 Å². The van der Waals surface area contributed by atoms with E-state index < -0.39 is 48.6 Å². The van der Waals surface area contributed by atoms with E-state index in [0.717, 1.165) is 27.0 Å². The van der Waals surface area contributed by atoms with Crippen LogP contribution < -0.4 is 0 Å². The summed E-state index contributed by atoms with van der Waals surface area (Å²) in [5.74, 6) is -0.575. The first-order chi connectivity index (χ1) is 25.5. The van der Waals surface area contributed by atoms with Crippen molar-refractivity contribution in [3.05, 3.63) is 67.6 Å². The standard InChI is InChI=1S/C17H18F4N4O2S.C16H17F3N4O2S/c1-9(26)12-8-28-17(22-12)10-2-4-24(5-3-10)14(27)7-25-13(16(20)21)6-11(23-25)15(18)19;1-10(24)12-9-26-15(20-12)11-2-5-22(6-3-11)14(25)8-23-7-4-13(21-23)16(17,18)19/h6,8,10,15-16H,2-5,7H2,1H3;4,7,9,11H,2-3,5-6,8H2,1H3. The summed E-state index contributed by atoms with van der Waals surface area (Å²) in [5, 5.41) is 12.0. The Morgan fingerprint density at radius 3 is 1.63 bits per heavy atom. The van der Waals surface area contributed by atoms with E-state index in [4.69, 9.17) is 0 Å². The number of alkyl halides is 7. The number of carbonyl (C=O) groups is 4. The van der Waals surface area contributed by atoms with Gasteiger partial charge in [-0.1, -0.05) is 0 Å². The highest BCUT2D eigenvalue weighted by Gasteiger charge is 2.34. The number of Topliss-reactive ketones (excluding diaryl/α,β-unsaturated/α-hetero) is 2. The molecule has 54 heavy (non-hydrogen) atoms. The fraction of sp³-hybridized carbons (Fsp3) is 0.515. The average molecular weight is 805 g/mol. The first-order valence-corrected chi connectivity index (χ1v) is 18.5. The largest absolute Gasteiger partial charge is 0.435 e. The molecule has 6 heterocycles. The lowest BCUT2D eigenvalue weighted by atomic mass is 9.97. The van der Waals surface area contributed by atoms with Crippen molar-refractivity contribution >= 4 is 46.1 Å². The molecular formula is C33H35F7N8O4S2. The number of aromatic nitrogens is 6. The maximum atomic E-state index is 13.0. The summed E-state index contributed by atoms with van der Waals surface area (Å²) in [7, 11) is 0. The van der Waals surface area contributed by atoms with E-state index in [2.05, 4.69) is 20.2 Å². The SMILES string of the molecule is CC(=O)c1csc(C2CCN(C(=O)Cn3ccc(C(F)(F)F)n3)CC2)n1.CC(=O)c1csc(C2CCN(C(=O)Cn3nc(C(F)F)cc3C(F)F)CC2)n1. The highest BCUT2D eigenvalue weighted by atomic mass is 32.1. The molecule has 2 fully saturated rings. The number of piperidine rings is 2. The minimum Gasteiger partial charge on any atom is -0.341 e. The zero-order chi connectivity index (χ0) is 39.3. The second kappa shape index (κ2) is 17.3. The van der Waals surface area contributed by atoms with E-state index in [1.54, 1.807) is 15.7 Å². The molecule has 4 aromatic rings. The van der Waals surface area contributed by atoms with Gasteiger partial charge in [0.2, 0.25) is 11.8 Å². The molecule has 2 saturated heterocycles. The summed E-state index contributed by atoms with van der Waals surface area (Å²) in [6.07, 6.45) is -6.67. The van der Waals surface area contributed by atoms with Crippen LogP contribution in [0.15, 0.2) is 29.1 Å². The van der Waals surface area contributed by atoms with Crippen LogP contribution in [-0.4, -0.2) is 88.9 Å². The summed E-state index contributed by atoms with van der Waals surface area (Å²) >= 11 is 2.85. The lowest BCUT2D eigenvalue weighted by Crippen LogP contribution is -2.40. The number of likely N-dealkylation sites (tertiary alicyclic amines) is 2. The van der Waals surface area contributed by atoms with Crippen LogP contribution >= 0.6 is 22.7 Å². The van der Waals surface area contributed by atoms with Gasteiger partial charge in [-0.25, -0.2) is 27.5 Å².